The molecule has 3 rings (SSSR count). The zero-order valence-electron chi connectivity index (χ0n) is 18.2. The van der Waals surface area contributed by atoms with Crippen LogP contribution in [0.2, 0.25) is 0 Å². The molecular weight excluding hydrogens is 360 g/mol. The van der Waals surface area contributed by atoms with E-state index in [1.165, 1.54) is 23.2 Å². The summed E-state index contributed by atoms with van der Waals surface area (Å²) in [4.78, 5) is 7.28. The minimum absolute atomic E-state index is 0.802. The van der Waals surface area contributed by atoms with Crippen molar-refractivity contribution in [3.8, 4) is 0 Å². The van der Waals surface area contributed by atoms with Crippen LogP contribution in [0.4, 0.5) is 0 Å². The zero-order valence-corrected chi connectivity index (χ0v) is 18.2. The molecular formula is C23H36N6. The maximum atomic E-state index is 4.72. The van der Waals surface area contributed by atoms with Gasteiger partial charge in [-0.05, 0) is 57.2 Å². The predicted octanol–water partition coefficient (Wildman–Crippen LogP) is 2.89. The van der Waals surface area contributed by atoms with E-state index in [4.69, 9.17) is 4.99 Å². The lowest BCUT2D eigenvalue weighted by Crippen LogP contribution is -2.39. The van der Waals surface area contributed by atoms with Gasteiger partial charge in [0.2, 0.25) is 0 Å². The molecule has 0 bridgehead atoms. The Labute approximate surface area is 175 Å². The van der Waals surface area contributed by atoms with Gasteiger partial charge in [0.15, 0.2) is 5.96 Å². The van der Waals surface area contributed by atoms with Crippen molar-refractivity contribution < 1.29 is 0 Å². The standard InChI is InChI=1S/C23H36N6/c1-4-24-23(26-13-8-15-29-20(3)17-19(2)27-29)25-12-7-14-28-16-11-21-9-5-6-10-22(21)18-28/h5-6,9-10,17H,4,7-8,11-16,18H2,1-3H3,(H2,24,25,26). The van der Waals surface area contributed by atoms with E-state index >= 15 is 0 Å². The number of nitrogens with one attached hydrogen (secondary N) is 2. The molecule has 0 fully saturated rings. The van der Waals surface area contributed by atoms with Crippen LogP contribution in [0.15, 0.2) is 35.3 Å². The van der Waals surface area contributed by atoms with Gasteiger partial charge < -0.3 is 10.6 Å². The largest absolute Gasteiger partial charge is 0.357 e. The Morgan fingerprint density at radius 2 is 1.93 bits per heavy atom. The van der Waals surface area contributed by atoms with Crippen LogP contribution in [-0.4, -0.2) is 53.4 Å². The van der Waals surface area contributed by atoms with E-state index < -0.39 is 0 Å². The fourth-order valence-electron chi connectivity index (χ4n) is 3.91. The average molecular weight is 397 g/mol. The number of aliphatic imine (C=N–C) groups is 1. The van der Waals surface area contributed by atoms with Crippen LogP contribution in [0.5, 0.6) is 0 Å². The topological polar surface area (TPSA) is 57.5 Å². The van der Waals surface area contributed by atoms with Crippen molar-refractivity contribution in [1.82, 2.24) is 25.3 Å². The van der Waals surface area contributed by atoms with Gasteiger partial charge in [0, 0.05) is 51.5 Å². The highest BCUT2D eigenvalue weighted by Gasteiger charge is 2.14. The van der Waals surface area contributed by atoms with Crippen LogP contribution in [-0.2, 0) is 19.5 Å². The highest BCUT2D eigenvalue weighted by Crippen LogP contribution is 2.18. The minimum Gasteiger partial charge on any atom is -0.357 e. The van der Waals surface area contributed by atoms with Crippen LogP contribution in [0, 0.1) is 13.8 Å². The van der Waals surface area contributed by atoms with E-state index in [1.807, 2.05) is 6.92 Å². The van der Waals surface area contributed by atoms with Gasteiger partial charge in [0.1, 0.15) is 0 Å². The van der Waals surface area contributed by atoms with Crippen molar-refractivity contribution in [2.75, 3.05) is 32.7 Å². The molecule has 0 spiro atoms. The Bertz CT molecular complexity index is 794. The summed E-state index contributed by atoms with van der Waals surface area (Å²) in [7, 11) is 0. The van der Waals surface area contributed by atoms with Gasteiger partial charge in [-0.1, -0.05) is 24.3 Å². The van der Waals surface area contributed by atoms with Gasteiger partial charge in [-0.25, -0.2) is 0 Å². The molecule has 2 heterocycles. The van der Waals surface area contributed by atoms with Crippen LogP contribution in [0.3, 0.4) is 0 Å². The first kappa shape index (κ1) is 21.4. The van der Waals surface area contributed by atoms with Crippen LogP contribution < -0.4 is 10.6 Å². The summed E-state index contributed by atoms with van der Waals surface area (Å²) in [6.07, 6.45) is 3.28. The molecule has 6 heteroatoms. The van der Waals surface area contributed by atoms with E-state index in [2.05, 4.69) is 69.5 Å². The summed E-state index contributed by atoms with van der Waals surface area (Å²) < 4.78 is 2.07. The highest BCUT2D eigenvalue weighted by atomic mass is 15.3. The summed E-state index contributed by atoms with van der Waals surface area (Å²) in [6.45, 7) is 13.2. The molecule has 29 heavy (non-hydrogen) atoms. The van der Waals surface area contributed by atoms with E-state index in [0.29, 0.717) is 0 Å². The summed E-state index contributed by atoms with van der Waals surface area (Å²) in [5.41, 5.74) is 5.31. The Balaban J connectivity index is 1.35. The van der Waals surface area contributed by atoms with Gasteiger partial charge in [0.25, 0.3) is 0 Å². The molecule has 158 valence electrons. The second-order valence-corrected chi connectivity index (χ2v) is 7.84. The third-order valence-corrected chi connectivity index (χ3v) is 5.40. The first-order valence-corrected chi connectivity index (χ1v) is 11.0. The Hall–Kier alpha value is -2.34. The lowest BCUT2D eigenvalue weighted by atomic mass is 10.00. The van der Waals surface area contributed by atoms with E-state index in [1.54, 1.807) is 0 Å². The maximum absolute atomic E-state index is 4.72. The highest BCUT2D eigenvalue weighted by molar-refractivity contribution is 5.79. The molecule has 0 saturated carbocycles. The number of benzene rings is 1. The number of aryl methyl sites for hydroxylation is 3. The lowest BCUT2D eigenvalue weighted by molar-refractivity contribution is 0.251. The molecule has 2 N–H and O–H groups in total. The Morgan fingerprint density at radius 3 is 2.69 bits per heavy atom. The second-order valence-electron chi connectivity index (χ2n) is 7.84. The molecule has 0 atom stereocenters. The monoisotopic (exact) mass is 396 g/mol. The Morgan fingerprint density at radius 1 is 1.10 bits per heavy atom. The van der Waals surface area contributed by atoms with Gasteiger partial charge >= 0.3 is 0 Å². The molecule has 1 aliphatic rings. The van der Waals surface area contributed by atoms with Crippen molar-refractivity contribution >= 4 is 5.96 Å². The molecule has 2 aromatic rings. The second kappa shape index (κ2) is 11.0. The zero-order chi connectivity index (χ0) is 20.5. The Kier molecular flexibility index (Phi) is 8.11. The third-order valence-electron chi connectivity index (χ3n) is 5.40. The van der Waals surface area contributed by atoms with Crippen molar-refractivity contribution in [1.29, 1.82) is 0 Å². The summed E-state index contributed by atoms with van der Waals surface area (Å²) >= 11 is 0. The fraction of sp³-hybridized carbons (Fsp3) is 0.565. The van der Waals surface area contributed by atoms with Gasteiger partial charge in [-0.3, -0.25) is 14.6 Å². The molecule has 0 unspecified atom stereocenters. The molecule has 1 aliphatic heterocycles. The lowest BCUT2D eigenvalue weighted by Gasteiger charge is -2.28. The number of nitrogens with zero attached hydrogens (tertiary/aromatic N) is 4. The van der Waals surface area contributed by atoms with Crippen LogP contribution in [0.25, 0.3) is 0 Å². The first-order valence-electron chi connectivity index (χ1n) is 11.0. The first-order chi connectivity index (χ1) is 14.2. The van der Waals surface area contributed by atoms with Gasteiger partial charge in [0.05, 0.1) is 5.69 Å². The van der Waals surface area contributed by atoms with Gasteiger partial charge in [-0.15, -0.1) is 0 Å². The fourth-order valence-corrected chi connectivity index (χ4v) is 3.91. The predicted molar refractivity (Wildman–Crippen MR) is 120 cm³/mol. The molecule has 0 amide bonds. The quantitative estimate of drug-likeness (QED) is 0.389. The van der Waals surface area contributed by atoms with Crippen molar-refractivity contribution in [2.24, 2.45) is 4.99 Å². The number of hydrogen-bond acceptors (Lipinski definition) is 3. The molecule has 1 aromatic carbocycles. The minimum atomic E-state index is 0.802. The number of aromatic nitrogens is 2. The van der Waals surface area contributed by atoms with E-state index in [9.17, 15) is 0 Å². The van der Waals surface area contributed by atoms with Crippen molar-refractivity contribution in [2.45, 2.75) is 53.1 Å². The summed E-state index contributed by atoms with van der Waals surface area (Å²) in [5, 5.41) is 11.3. The number of hydrogen-bond donors (Lipinski definition) is 2. The SMILES string of the molecule is CCNC(=NCCCn1nc(C)cc1C)NCCCN1CCc2ccccc2C1. The van der Waals surface area contributed by atoms with E-state index in [0.717, 1.165) is 70.3 Å². The van der Waals surface area contributed by atoms with Crippen molar-refractivity contribution in [3.05, 3.63) is 52.8 Å². The smallest absolute Gasteiger partial charge is 0.191 e. The summed E-state index contributed by atoms with van der Waals surface area (Å²) in [5.74, 6) is 0.921. The van der Waals surface area contributed by atoms with Gasteiger partial charge in [-0.2, -0.15) is 5.10 Å². The molecule has 0 aliphatic carbocycles. The van der Waals surface area contributed by atoms with Crippen LogP contribution in [0.1, 0.15) is 42.3 Å². The van der Waals surface area contributed by atoms with Crippen molar-refractivity contribution in [3.63, 3.8) is 0 Å². The molecule has 0 saturated heterocycles. The molecule has 1 aromatic heterocycles. The number of rotatable bonds is 9. The molecule has 6 nitrogen and oxygen atoms in total. The maximum Gasteiger partial charge on any atom is 0.191 e. The summed E-state index contributed by atoms with van der Waals surface area (Å²) in [6, 6.07) is 11.0. The molecule has 0 radical (unpaired) electrons. The number of guanidine groups is 1. The average Bonchev–Trinajstić information content (AvgIpc) is 3.05. The normalized spacial score (nSPS) is 14.7. The van der Waals surface area contributed by atoms with Crippen LogP contribution >= 0.6 is 0 Å². The third kappa shape index (κ3) is 6.60. The van der Waals surface area contributed by atoms with E-state index in [-0.39, 0.29) is 0 Å². The number of fused-ring (bicyclic) bond motifs is 1.